The van der Waals surface area contributed by atoms with Crippen LogP contribution in [-0.4, -0.2) is 60.3 Å². The summed E-state index contributed by atoms with van der Waals surface area (Å²) < 4.78 is 11.9. The first-order chi connectivity index (χ1) is 12.7. The Bertz CT molecular complexity index is 621. The van der Waals surface area contributed by atoms with E-state index >= 15 is 0 Å². The summed E-state index contributed by atoms with van der Waals surface area (Å²) in [6, 6.07) is 8.06. The molecular formula is C21H29NO3S. The molecule has 142 valence electrons. The maximum atomic E-state index is 12.7. The van der Waals surface area contributed by atoms with E-state index in [1.165, 1.54) is 5.56 Å². The molecule has 3 fully saturated rings. The minimum atomic E-state index is 0.172. The molecule has 0 aliphatic carbocycles. The van der Waals surface area contributed by atoms with Crippen molar-refractivity contribution >= 4 is 17.7 Å². The third-order valence-electron chi connectivity index (χ3n) is 5.94. The standard InChI is InChI=1S/C21H29NO3S/c1-2-16-3-5-18(6-4-16)20(23)22-14-21(15-22)11-19(13-26-21)25-12-17-7-9-24-10-8-17/h3-6,17,19H,2,7-15H2,1H3/t19-/m0/s1. The number of thioether (sulfide) groups is 1. The number of hydrogen-bond donors (Lipinski definition) is 0. The molecule has 3 saturated heterocycles. The van der Waals surface area contributed by atoms with E-state index in [9.17, 15) is 4.79 Å². The lowest BCUT2D eigenvalue weighted by atomic mass is 9.92. The Morgan fingerprint density at radius 3 is 2.69 bits per heavy atom. The van der Waals surface area contributed by atoms with Gasteiger partial charge in [0.2, 0.25) is 0 Å². The van der Waals surface area contributed by atoms with Gasteiger partial charge in [-0.15, -0.1) is 11.8 Å². The van der Waals surface area contributed by atoms with Gasteiger partial charge < -0.3 is 14.4 Å². The quantitative estimate of drug-likeness (QED) is 0.791. The van der Waals surface area contributed by atoms with Gasteiger partial charge in [-0.3, -0.25) is 4.79 Å². The Hall–Kier alpha value is -1.04. The summed E-state index contributed by atoms with van der Waals surface area (Å²) in [5.74, 6) is 1.90. The van der Waals surface area contributed by atoms with Gasteiger partial charge in [0.25, 0.3) is 5.91 Å². The highest BCUT2D eigenvalue weighted by Gasteiger charge is 2.51. The average Bonchev–Trinajstić information content (AvgIpc) is 3.10. The number of benzene rings is 1. The van der Waals surface area contributed by atoms with Crippen molar-refractivity contribution in [1.82, 2.24) is 4.90 Å². The third kappa shape index (κ3) is 3.95. The number of carbonyl (C=O) groups excluding carboxylic acids is 1. The number of amides is 1. The molecule has 4 rings (SSSR count). The molecule has 0 aromatic heterocycles. The van der Waals surface area contributed by atoms with Crippen molar-refractivity contribution in [2.45, 2.75) is 43.5 Å². The van der Waals surface area contributed by atoms with E-state index in [1.807, 2.05) is 28.8 Å². The smallest absolute Gasteiger partial charge is 0.253 e. The summed E-state index contributed by atoms with van der Waals surface area (Å²) in [6.45, 7) is 6.50. The molecule has 1 aromatic carbocycles. The number of hydrogen-bond acceptors (Lipinski definition) is 4. The maximum absolute atomic E-state index is 12.7. The molecule has 0 N–H and O–H groups in total. The van der Waals surface area contributed by atoms with Gasteiger partial charge in [0.05, 0.1) is 10.9 Å². The molecule has 5 heteroatoms. The number of aryl methyl sites for hydroxylation is 1. The topological polar surface area (TPSA) is 38.8 Å². The van der Waals surface area contributed by atoms with Gasteiger partial charge >= 0.3 is 0 Å². The predicted octanol–water partition coefficient (Wildman–Crippen LogP) is 3.39. The van der Waals surface area contributed by atoms with Crippen molar-refractivity contribution in [3.63, 3.8) is 0 Å². The normalized spacial score (nSPS) is 25.4. The number of ether oxygens (including phenoxy) is 2. The van der Waals surface area contributed by atoms with Gasteiger partial charge in [-0.05, 0) is 49.3 Å². The Labute approximate surface area is 160 Å². The zero-order valence-electron chi connectivity index (χ0n) is 15.6. The highest BCUT2D eigenvalue weighted by molar-refractivity contribution is 8.01. The largest absolute Gasteiger partial charge is 0.381 e. The van der Waals surface area contributed by atoms with Crippen LogP contribution >= 0.6 is 11.8 Å². The number of rotatable bonds is 5. The van der Waals surface area contributed by atoms with E-state index in [1.54, 1.807) is 0 Å². The molecule has 0 unspecified atom stereocenters. The fourth-order valence-corrected chi connectivity index (χ4v) is 5.73. The molecule has 3 aliphatic heterocycles. The van der Waals surface area contributed by atoms with Crippen molar-refractivity contribution in [3.05, 3.63) is 35.4 Å². The molecule has 0 radical (unpaired) electrons. The molecule has 26 heavy (non-hydrogen) atoms. The van der Waals surface area contributed by atoms with Crippen LogP contribution in [0.3, 0.4) is 0 Å². The minimum absolute atomic E-state index is 0.172. The summed E-state index contributed by atoms with van der Waals surface area (Å²) in [5.41, 5.74) is 2.09. The van der Waals surface area contributed by atoms with Gasteiger partial charge in [-0.25, -0.2) is 0 Å². The van der Waals surface area contributed by atoms with Gasteiger partial charge in [-0.2, -0.15) is 0 Å². The Morgan fingerprint density at radius 1 is 1.27 bits per heavy atom. The van der Waals surface area contributed by atoms with Crippen molar-refractivity contribution in [2.75, 3.05) is 38.7 Å². The van der Waals surface area contributed by atoms with Gasteiger partial charge in [0.15, 0.2) is 0 Å². The van der Waals surface area contributed by atoms with Crippen LogP contribution in [0.2, 0.25) is 0 Å². The Morgan fingerprint density at radius 2 is 2.00 bits per heavy atom. The average molecular weight is 376 g/mol. The first-order valence-electron chi connectivity index (χ1n) is 9.89. The van der Waals surface area contributed by atoms with Gasteiger partial charge in [0, 0.05) is 44.2 Å². The van der Waals surface area contributed by atoms with E-state index in [-0.39, 0.29) is 10.7 Å². The van der Waals surface area contributed by atoms with Crippen LogP contribution in [0.4, 0.5) is 0 Å². The van der Waals surface area contributed by atoms with E-state index in [0.717, 1.165) is 69.9 Å². The van der Waals surface area contributed by atoms with Crippen molar-refractivity contribution < 1.29 is 14.3 Å². The monoisotopic (exact) mass is 375 g/mol. The third-order valence-corrected chi connectivity index (χ3v) is 7.51. The lowest BCUT2D eigenvalue weighted by molar-refractivity contribution is -0.0118. The molecule has 3 aliphatic rings. The molecule has 0 bridgehead atoms. The molecule has 1 amide bonds. The second kappa shape index (κ2) is 7.91. The van der Waals surface area contributed by atoms with Crippen LogP contribution < -0.4 is 0 Å². The van der Waals surface area contributed by atoms with Crippen molar-refractivity contribution in [2.24, 2.45) is 5.92 Å². The van der Waals surface area contributed by atoms with Crippen LogP contribution in [0.1, 0.15) is 42.1 Å². The van der Waals surface area contributed by atoms with Crippen molar-refractivity contribution in [1.29, 1.82) is 0 Å². The summed E-state index contributed by atoms with van der Waals surface area (Å²) in [4.78, 5) is 14.6. The number of nitrogens with zero attached hydrogens (tertiary/aromatic N) is 1. The maximum Gasteiger partial charge on any atom is 0.253 e. The highest BCUT2D eigenvalue weighted by Crippen LogP contribution is 2.46. The van der Waals surface area contributed by atoms with Crippen LogP contribution in [0, 0.1) is 5.92 Å². The van der Waals surface area contributed by atoms with Gasteiger partial charge in [0.1, 0.15) is 0 Å². The lowest BCUT2D eigenvalue weighted by Crippen LogP contribution is -2.60. The van der Waals surface area contributed by atoms with Crippen molar-refractivity contribution in [3.8, 4) is 0 Å². The molecule has 3 heterocycles. The molecule has 1 atom stereocenters. The summed E-state index contributed by atoms with van der Waals surface area (Å²) in [5, 5.41) is 0. The molecular weight excluding hydrogens is 346 g/mol. The second-order valence-corrected chi connectivity index (χ2v) is 9.41. The summed E-state index contributed by atoms with van der Waals surface area (Å²) >= 11 is 2.01. The second-order valence-electron chi connectivity index (χ2n) is 7.92. The fourth-order valence-electron chi connectivity index (χ4n) is 4.17. The minimum Gasteiger partial charge on any atom is -0.381 e. The zero-order chi connectivity index (χ0) is 18.0. The van der Waals surface area contributed by atoms with Crippen LogP contribution in [0.25, 0.3) is 0 Å². The molecule has 1 spiro atoms. The predicted molar refractivity (Wildman–Crippen MR) is 105 cm³/mol. The Kier molecular flexibility index (Phi) is 5.58. The molecule has 0 saturated carbocycles. The summed E-state index contributed by atoms with van der Waals surface area (Å²) in [7, 11) is 0. The van der Waals surface area contributed by atoms with Crippen LogP contribution in [-0.2, 0) is 15.9 Å². The van der Waals surface area contributed by atoms with Gasteiger partial charge in [-0.1, -0.05) is 19.1 Å². The number of likely N-dealkylation sites (tertiary alicyclic amines) is 1. The van der Waals surface area contributed by atoms with Crippen LogP contribution in [0.15, 0.2) is 24.3 Å². The van der Waals surface area contributed by atoms with E-state index in [0.29, 0.717) is 12.0 Å². The SMILES string of the molecule is CCc1ccc(C(=O)N2CC3(C[C@H](OCC4CCOCC4)CS3)C2)cc1. The Balaban J connectivity index is 1.24. The lowest BCUT2D eigenvalue weighted by Gasteiger charge is -2.47. The fraction of sp³-hybridized carbons (Fsp3) is 0.667. The van der Waals surface area contributed by atoms with E-state index in [4.69, 9.17) is 9.47 Å². The molecule has 4 nitrogen and oxygen atoms in total. The molecule has 1 aromatic rings. The first-order valence-corrected chi connectivity index (χ1v) is 10.9. The summed E-state index contributed by atoms with van der Waals surface area (Å²) in [6.07, 6.45) is 4.70. The highest BCUT2D eigenvalue weighted by atomic mass is 32.2. The van der Waals surface area contributed by atoms with E-state index < -0.39 is 0 Å². The number of carbonyl (C=O) groups is 1. The van der Waals surface area contributed by atoms with E-state index in [2.05, 4.69) is 19.1 Å². The first kappa shape index (κ1) is 18.3. The van der Waals surface area contributed by atoms with Crippen LogP contribution in [0.5, 0.6) is 0 Å². The zero-order valence-corrected chi connectivity index (χ0v) is 16.4.